The summed E-state index contributed by atoms with van der Waals surface area (Å²) >= 11 is 0. The largest absolute Gasteiger partial charge is 0.481 e. The van der Waals surface area contributed by atoms with Crippen LogP contribution >= 0.6 is 0 Å². The summed E-state index contributed by atoms with van der Waals surface area (Å²) in [6.07, 6.45) is 1.01. The van der Waals surface area contributed by atoms with Gasteiger partial charge in [-0.25, -0.2) is 4.79 Å². The maximum atomic E-state index is 11.4. The number of ether oxygens (including phenoxy) is 2. The van der Waals surface area contributed by atoms with Crippen molar-refractivity contribution in [2.45, 2.75) is 52.6 Å². The van der Waals surface area contributed by atoms with E-state index in [1.54, 1.807) is 20.8 Å². The molecular weight excluding hydrogens is 262 g/mol. The lowest BCUT2D eigenvalue weighted by Crippen LogP contribution is -2.34. The van der Waals surface area contributed by atoms with Crippen molar-refractivity contribution in [3.05, 3.63) is 0 Å². The van der Waals surface area contributed by atoms with Crippen molar-refractivity contribution in [3.8, 4) is 0 Å². The molecule has 20 heavy (non-hydrogen) atoms. The minimum Gasteiger partial charge on any atom is -0.481 e. The number of carbonyl (C=O) groups is 2. The van der Waals surface area contributed by atoms with Crippen LogP contribution in [0.15, 0.2) is 0 Å². The van der Waals surface area contributed by atoms with Crippen molar-refractivity contribution in [1.82, 2.24) is 5.32 Å². The lowest BCUT2D eigenvalue weighted by Gasteiger charge is -2.20. The molecule has 0 fully saturated rings. The molecule has 1 amide bonds. The second-order valence-corrected chi connectivity index (χ2v) is 5.76. The second kappa shape index (κ2) is 9.58. The molecule has 6 heteroatoms. The number of carbonyl (C=O) groups excluding carboxylic acids is 1. The van der Waals surface area contributed by atoms with Crippen LogP contribution < -0.4 is 5.32 Å². The number of amides is 1. The van der Waals surface area contributed by atoms with E-state index in [0.717, 1.165) is 6.42 Å². The van der Waals surface area contributed by atoms with Gasteiger partial charge in [-0.15, -0.1) is 0 Å². The van der Waals surface area contributed by atoms with Gasteiger partial charge in [-0.1, -0.05) is 6.92 Å². The molecule has 1 atom stereocenters. The lowest BCUT2D eigenvalue weighted by molar-refractivity contribution is -0.138. The third kappa shape index (κ3) is 11.8. The van der Waals surface area contributed by atoms with Crippen LogP contribution in [0.4, 0.5) is 4.79 Å². The Balaban J connectivity index is 3.99. The zero-order valence-electron chi connectivity index (χ0n) is 12.9. The molecule has 0 aliphatic rings. The first kappa shape index (κ1) is 18.7. The molecule has 118 valence electrons. The van der Waals surface area contributed by atoms with Crippen LogP contribution in [0.3, 0.4) is 0 Å². The number of hydrogen-bond donors (Lipinski definition) is 2. The molecule has 0 spiro atoms. The fraction of sp³-hybridized carbons (Fsp3) is 0.857. The highest BCUT2D eigenvalue weighted by Crippen LogP contribution is 2.10. The zero-order valence-corrected chi connectivity index (χ0v) is 12.9. The summed E-state index contributed by atoms with van der Waals surface area (Å²) in [6, 6.07) is 0. The molecule has 0 rings (SSSR count). The van der Waals surface area contributed by atoms with Gasteiger partial charge >= 0.3 is 12.1 Å². The highest BCUT2D eigenvalue weighted by molar-refractivity contribution is 5.68. The first-order chi connectivity index (χ1) is 9.24. The number of aliphatic carboxylic acids is 1. The molecule has 0 aliphatic heterocycles. The standard InChI is InChI=1S/C14H27NO5/c1-5-8-19-10-11(9-12(16)17)6-7-15-13(18)20-14(2,3)4/h11H,5-10H2,1-4H3,(H,15,18)(H,16,17). The first-order valence-corrected chi connectivity index (χ1v) is 7.01. The van der Waals surface area contributed by atoms with E-state index >= 15 is 0 Å². The number of rotatable bonds is 9. The van der Waals surface area contributed by atoms with Gasteiger partial charge in [0.15, 0.2) is 0 Å². The third-order valence-electron chi connectivity index (χ3n) is 2.39. The van der Waals surface area contributed by atoms with E-state index in [1.807, 2.05) is 6.92 Å². The van der Waals surface area contributed by atoms with Crippen LogP contribution in [-0.2, 0) is 14.3 Å². The molecule has 0 aromatic carbocycles. The molecule has 0 aliphatic carbocycles. The van der Waals surface area contributed by atoms with E-state index in [0.29, 0.717) is 26.2 Å². The summed E-state index contributed by atoms with van der Waals surface area (Å²) in [5.74, 6) is -0.957. The quantitative estimate of drug-likeness (QED) is 0.637. The average Bonchev–Trinajstić information content (AvgIpc) is 2.25. The Bertz CT molecular complexity index is 298. The summed E-state index contributed by atoms with van der Waals surface area (Å²) in [5.41, 5.74) is -0.533. The average molecular weight is 289 g/mol. The Labute approximate surface area is 120 Å². The molecule has 0 heterocycles. The van der Waals surface area contributed by atoms with Crippen molar-refractivity contribution < 1.29 is 24.2 Å². The van der Waals surface area contributed by atoms with Crippen LogP contribution in [0.2, 0.25) is 0 Å². The maximum absolute atomic E-state index is 11.4. The molecule has 6 nitrogen and oxygen atoms in total. The summed E-state index contributed by atoms with van der Waals surface area (Å²) in [6.45, 7) is 8.76. The molecule has 0 bridgehead atoms. The number of carboxylic acid groups (broad SMARTS) is 1. The van der Waals surface area contributed by atoms with Gasteiger partial charge in [0.2, 0.25) is 0 Å². The highest BCUT2D eigenvalue weighted by Gasteiger charge is 2.17. The predicted molar refractivity (Wildman–Crippen MR) is 75.7 cm³/mol. The summed E-state index contributed by atoms with van der Waals surface area (Å²) < 4.78 is 10.5. The Morgan fingerprint density at radius 2 is 1.95 bits per heavy atom. The van der Waals surface area contributed by atoms with Crippen molar-refractivity contribution in [1.29, 1.82) is 0 Å². The maximum Gasteiger partial charge on any atom is 0.407 e. The second-order valence-electron chi connectivity index (χ2n) is 5.76. The summed E-state index contributed by atoms with van der Waals surface area (Å²) in [4.78, 5) is 22.2. The van der Waals surface area contributed by atoms with E-state index in [2.05, 4.69) is 5.32 Å². The minimum absolute atomic E-state index is 0.0414. The van der Waals surface area contributed by atoms with Crippen molar-refractivity contribution in [2.75, 3.05) is 19.8 Å². The molecule has 0 aromatic heterocycles. The smallest absolute Gasteiger partial charge is 0.407 e. The lowest BCUT2D eigenvalue weighted by atomic mass is 10.0. The molecule has 0 saturated carbocycles. The Morgan fingerprint density at radius 3 is 2.45 bits per heavy atom. The van der Waals surface area contributed by atoms with Gasteiger partial charge in [0.1, 0.15) is 5.60 Å². The van der Waals surface area contributed by atoms with Gasteiger partial charge in [0.05, 0.1) is 13.0 Å². The van der Waals surface area contributed by atoms with Crippen molar-refractivity contribution in [3.63, 3.8) is 0 Å². The molecule has 0 radical (unpaired) electrons. The fourth-order valence-electron chi connectivity index (χ4n) is 1.58. The fourth-order valence-corrected chi connectivity index (χ4v) is 1.58. The number of carboxylic acids is 1. The van der Waals surface area contributed by atoms with Gasteiger partial charge in [0, 0.05) is 13.2 Å². The normalized spacial score (nSPS) is 12.8. The topological polar surface area (TPSA) is 84.9 Å². The van der Waals surface area contributed by atoms with E-state index < -0.39 is 17.7 Å². The van der Waals surface area contributed by atoms with E-state index in [4.69, 9.17) is 14.6 Å². The van der Waals surface area contributed by atoms with Gasteiger partial charge in [-0.05, 0) is 39.5 Å². The molecule has 2 N–H and O–H groups in total. The van der Waals surface area contributed by atoms with Crippen LogP contribution in [0, 0.1) is 5.92 Å². The van der Waals surface area contributed by atoms with Crippen molar-refractivity contribution >= 4 is 12.1 Å². The first-order valence-electron chi connectivity index (χ1n) is 7.01. The van der Waals surface area contributed by atoms with Crippen LogP contribution in [0.25, 0.3) is 0 Å². The van der Waals surface area contributed by atoms with Gasteiger partial charge in [-0.3, -0.25) is 4.79 Å². The summed E-state index contributed by atoms with van der Waals surface area (Å²) in [5, 5.41) is 11.5. The molecule has 0 aromatic rings. The minimum atomic E-state index is -0.854. The van der Waals surface area contributed by atoms with Crippen LogP contribution in [-0.4, -0.2) is 42.5 Å². The Hall–Kier alpha value is -1.30. The van der Waals surface area contributed by atoms with Gasteiger partial charge in [-0.2, -0.15) is 0 Å². The summed E-state index contributed by atoms with van der Waals surface area (Å²) in [7, 11) is 0. The zero-order chi connectivity index (χ0) is 15.6. The number of alkyl carbamates (subject to hydrolysis) is 1. The monoisotopic (exact) mass is 289 g/mol. The molecule has 0 saturated heterocycles. The molecule has 1 unspecified atom stereocenters. The Morgan fingerprint density at radius 1 is 1.30 bits per heavy atom. The third-order valence-corrected chi connectivity index (χ3v) is 2.39. The van der Waals surface area contributed by atoms with E-state index in [1.165, 1.54) is 0 Å². The predicted octanol–water partition coefficient (Wildman–Crippen LogP) is 2.42. The van der Waals surface area contributed by atoms with E-state index in [9.17, 15) is 9.59 Å². The number of nitrogens with one attached hydrogen (secondary N) is 1. The van der Waals surface area contributed by atoms with Gasteiger partial charge < -0.3 is 19.9 Å². The SMILES string of the molecule is CCCOCC(CCNC(=O)OC(C)(C)C)CC(=O)O. The van der Waals surface area contributed by atoms with Crippen molar-refractivity contribution in [2.24, 2.45) is 5.92 Å². The number of hydrogen-bond acceptors (Lipinski definition) is 4. The highest BCUT2D eigenvalue weighted by atomic mass is 16.6. The van der Waals surface area contributed by atoms with Crippen LogP contribution in [0.5, 0.6) is 0 Å². The van der Waals surface area contributed by atoms with Crippen LogP contribution in [0.1, 0.15) is 47.0 Å². The Kier molecular flexibility index (Phi) is 8.96. The van der Waals surface area contributed by atoms with Gasteiger partial charge in [0.25, 0.3) is 0 Å². The van der Waals surface area contributed by atoms with E-state index in [-0.39, 0.29) is 12.3 Å². The molecular formula is C14H27NO5.